The minimum atomic E-state index is -0.310. The van der Waals surface area contributed by atoms with Crippen molar-refractivity contribution in [1.82, 2.24) is 0 Å². The molecule has 2 heterocycles. The Morgan fingerprint density at radius 3 is 2.87 bits per heavy atom. The molecule has 1 unspecified atom stereocenters. The molecular formula is C11H14N4. The van der Waals surface area contributed by atoms with E-state index in [0.29, 0.717) is 5.92 Å². The van der Waals surface area contributed by atoms with Gasteiger partial charge in [-0.15, -0.1) is 0 Å². The predicted octanol–water partition coefficient (Wildman–Crippen LogP) is 1.86. The molecule has 0 saturated heterocycles. The van der Waals surface area contributed by atoms with Crippen molar-refractivity contribution >= 4 is 24.7 Å². The maximum absolute atomic E-state index is 4.52. The molecule has 0 aromatic carbocycles. The number of hydrogen-bond acceptors (Lipinski definition) is 4. The van der Waals surface area contributed by atoms with Gasteiger partial charge < -0.3 is 0 Å². The summed E-state index contributed by atoms with van der Waals surface area (Å²) in [4.78, 5) is 17.2. The van der Waals surface area contributed by atoms with Crippen LogP contribution in [0.4, 0.5) is 0 Å². The number of hydrogen-bond donors (Lipinski definition) is 0. The quantitative estimate of drug-likeness (QED) is 0.623. The van der Waals surface area contributed by atoms with Gasteiger partial charge in [0.15, 0.2) is 11.4 Å². The monoisotopic (exact) mass is 202 g/mol. The Morgan fingerprint density at radius 2 is 2.00 bits per heavy atom. The molecule has 2 aliphatic heterocycles. The Balaban J connectivity index is 1.94. The first-order valence-electron chi connectivity index (χ1n) is 5.61. The zero-order valence-electron chi connectivity index (χ0n) is 8.63. The maximum Gasteiger partial charge on any atom is 0.165 e. The first kappa shape index (κ1) is 8.95. The third-order valence-corrected chi connectivity index (χ3v) is 3.56. The molecule has 0 aromatic heterocycles. The second-order valence-electron chi connectivity index (χ2n) is 4.38. The van der Waals surface area contributed by atoms with Crippen molar-refractivity contribution < 1.29 is 0 Å². The molecule has 3 aliphatic rings. The summed E-state index contributed by atoms with van der Waals surface area (Å²) >= 11 is 0. The molecule has 0 aromatic rings. The summed E-state index contributed by atoms with van der Waals surface area (Å²) < 4.78 is 0. The van der Waals surface area contributed by atoms with Crippen molar-refractivity contribution in [3.63, 3.8) is 0 Å². The highest BCUT2D eigenvalue weighted by molar-refractivity contribution is 6.18. The van der Waals surface area contributed by atoms with E-state index >= 15 is 0 Å². The zero-order chi connectivity index (χ0) is 10.1. The molecule has 4 heteroatoms. The molecule has 1 fully saturated rings. The lowest BCUT2D eigenvalue weighted by Gasteiger charge is -2.34. The Morgan fingerprint density at radius 1 is 1.13 bits per heavy atom. The van der Waals surface area contributed by atoms with Gasteiger partial charge in [-0.2, -0.15) is 0 Å². The second-order valence-corrected chi connectivity index (χ2v) is 4.38. The fraction of sp³-hybridized carbons (Fsp3) is 0.636. The molecular weight excluding hydrogens is 188 g/mol. The second kappa shape index (κ2) is 3.36. The van der Waals surface area contributed by atoms with E-state index in [1.165, 1.54) is 32.1 Å². The normalized spacial score (nSPS) is 34.3. The SMILES string of the molecule is C1=NC=NC2=NC=NC12C1CCCCC1. The number of rotatable bonds is 1. The smallest absolute Gasteiger partial charge is 0.165 e. The van der Waals surface area contributed by atoms with Crippen LogP contribution in [-0.2, 0) is 0 Å². The largest absolute Gasteiger partial charge is 0.253 e. The van der Waals surface area contributed by atoms with Gasteiger partial charge in [-0.25, -0.2) is 15.0 Å². The number of nitrogens with zero attached hydrogens (tertiary/aromatic N) is 4. The summed E-state index contributed by atoms with van der Waals surface area (Å²) in [6.07, 6.45) is 11.5. The highest BCUT2D eigenvalue weighted by Crippen LogP contribution is 2.37. The van der Waals surface area contributed by atoms with Gasteiger partial charge in [0.2, 0.25) is 0 Å². The van der Waals surface area contributed by atoms with Crippen LogP contribution in [0.3, 0.4) is 0 Å². The van der Waals surface area contributed by atoms with Crippen molar-refractivity contribution in [2.45, 2.75) is 37.6 Å². The van der Waals surface area contributed by atoms with Crippen LogP contribution in [0.5, 0.6) is 0 Å². The summed E-state index contributed by atoms with van der Waals surface area (Å²) in [6.45, 7) is 0. The van der Waals surface area contributed by atoms with E-state index in [1.807, 2.05) is 6.21 Å². The lowest BCUT2D eigenvalue weighted by Crippen LogP contribution is -2.45. The van der Waals surface area contributed by atoms with Crippen LogP contribution in [0.1, 0.15) is 32.1 Å². The molecule has 78 valence electrons. The number of fused-ring (bicyclic) bond motifs is 1. The molecule has 4 nitrogen and oxygen atoms in total. The van der Waals surface area contributed by atoms with Gasteiger partial charge in [0.1, 0.15) is 12.7 Å². The van der Waals surface area contributed by atoms with Gasteiger partial charge >= 0.3 is 0 Å². The van der Waals surface area contributed by atoms with E-state index in [2.05, 4.69) is 20.0 Å². The van der Waals surface area contributed by atoms with Crippen LogP contribution in [0.2, 0.25) is 0 Å². The lowest BCUT2D eigenvalue weighted by molar-refractivity contribution is 0.316. The van der Waals surface area contributed by atoms with Crippen LogP contribution in [0, 0.1) is 5.92 Å². The third kappa shape index (κ3) is 1.28. The van der Waals surface area contributed by atoms with Crippen molar-refractivity contribution in [2.24, 2.45) is 25.9 Å². The van der Waals surface area contributed by atoms with Gasteiger partial charge in [0, 0.05) is 6.21 Å². The van der Waals surface area contributed by atoms with E-state index in [4.69, 9.17) is 0 Å². The summed E-state index contributed by atoms with van der Waals surface area (Å²) in [5.41, 5.74) is -0.310. The fourth-order valence-corrected chi connectivity index (χ4v) is 2.74. The molecule has 3 rings (SSSR count). The Bertz CT molecular complexity index is 374. The van der Waals surface area contributed by atoms with E-state index in [9.17, 15) is 0 Å². The van der Waals surface area contributed by atoms with Crippen LogP contribution in [0.25, 0.3) is 0 Å². The standard InChI is InChI=1S/C11H14N4/c1-2-4-9(5-3-1)11-6-12-7-13-10(11)14-8-15-11/h6-9H,1-5H2. The first-order valence-corrected chi connectivity index (χ1v) is 5.61. The molecule has 0 amide bonds. The number of amidine groups is 1. The average molecular weight is 202 g/mol. The van der Waals surface area contributed by atoms with Crippen LogP contribution in [0.15, 0.2) is 20.0 Å². The molecule has 0 N–H and O–H groups in total. The topological polar surface area (TPSA) is 49.4 Å². The molecule has 1 saturated carbocycles. The Kier molecular flexibility index (Phi) is 2.01. The highest BCUT2D eigenvalue weighted by atomic mass is 15.2. The molecule has 0 spiro atoms. The minimum absolute atomic E-state index is 0.310. The van der Waals surface area contributed by atoms with Crippen molar-refractivity contribution in [2.75, 3.05) is 0 Å². The van der Waals surface area contributed by atoms with E-state index < -0.39 is 0 Å². The van der Waals surface area contributed by atoms with Gasteiger partial charge in [-0.3, -0.25) is 4.99 Å². The molecule has 0 radical (unpaired) electrons. The molecule has 1 atom stereocenters. The van der Waals surface area contributed by atoms with Crippen LogP contribution < -0.4 is 0 Å². The van der Waals surface area contributed by atoms with Gasteiger partial charge in [0.05, 0.1) is 0 Å². The van der Waals surface area contributed by atoms with E-state index in [1.54, 1.807) is 12.7 Å². The van der Waals surface area contributed by atoms with Crippen LogP contribution >= 0.6 is 0 Å². The molecule has 1 aliphatic carbocycles. The van der Waals surface area contributed by atoms with E-state index in [-0.39, 0.29) is 5.54 Å². The first-order chi connectivity index (χ1) is 7.42. The van der Waals surface area contributed by atoms with E-state index in [0.717, 1.165) is 5.84 Å². The molecule has 0 bridgehead atoms. The molecule has 15 heavy (non-hydrogen) atoms. The highest BCUT2D eigenvalue weighted by Gasteiger charge is 2.45. The van der Waals surface area contributed by atoms with Gasteiger partial charge in [0.25, 0.3) is 0 Å². The maximum atomic E-state index is 4.52. The van der Waals surface area contributed by atoms with Gasteiger partial charge in [-0.05, 0) is 18.8 Å². The summed E-state index contributed by atoms with van der Waals surface area (Å²) in [5, 5.41) is 0. The average Bonchev–Trinajstić information content (AvgIpc) is 2.75. The van der Waals surface area contributed by atoms with Crippen LogP contribution in [-0.4, -0.2) is 30.3 Å². The lowest BCUT2D eigenvalue weighted by atomic mass is 9.75. The summed E-state index contributed by atoms with van der Waals surface area (Å²) in [7, 11) is 0. The Labute approximate surface area is 89.0 Å². The number of aliphatic imine (C=N–C) groups is 4. The van der Waals surface area contributed by atoms with Crippen molar-refractivity contribution in [3.8, 4) is 0 Å². The summed E-state index contributed by atoms with van der Waals surface area (Å²) in [5.74, 6) is 1.38. The third-order valence-electron chi connectivity index (χ3n) is 3.56. The van der Waals surface area contributed by atoms with Crippen molar-refractivity contribution in [1.29, 1.82) is 0 Å². The van der Waals surface area contributed by atoms with Crippen molar-refractivity contribution in [3.05, 3.63) is 0 Å². The predicted molar refractivity (Wildman–Crippen MR) is 62.2 cm³/mol. The minimum Gasteiger partial charge on any atom is -0.253 e. The zero-order valence-corrected chi connectivity index (χ0v) is 8.63. The van der Waals surface area contributed by atoms with Gasteiger partial charge in [-0.1, -0.05) is 19.3 Å². The fourth-order valence-electron chi connectivity index (χ4n) is 2.74. The summed E-state index contributed by atoms with van der Waals surface area (Å²) in [6, 6.07) is 0. The Hall–Kier alpha value is -1.32.